The minimum Gasteiger partial charge on any atom is -0.477 e. The highest BCUT2D eigenvalue weighted by molar-refractivity contribution is 5.86. The van der Waals surface area contributed by atoms with Crippen molar-refractivity contribution < 1.29 is 9.90 Å². The normalized spacial score (nSPS) is 19.4. The number of carboxylic acid groups (broad SMARTS) is 1. The monoisotopic (exact) mass is 303 g/mol. The van der Waals surface area contributed by atoms with Gasteiger partial charge >= 0.3 is 5.97 Å². The van der Waals surface area contributed by atoms with Gasteiger partial charge < -0.3 is 5.11 Å². The molecule has 3 N–H and O–H groups in total. The summed E-state index contributed by atoms with van der Waals surface area (Å²) in [4.78, 5) is 13.5. The number of likely N-dealkylation sites (tertiary alicyclic amines) is 1. The van der Waals surface area contributed by atoms with Crippen LogP contribution in [0.2, 0.25) is 0 Å². The predicted molar refractivity (Wildman–Crippen MR) is 80.8 cm³/mol. The number of aryl methyl sites for hydroxylation is 1. The van der Waals surface area contributed by atoms with Gasteiger partial charge in [0, 0.05) is 30.3 Å². The third-order valence-corrected chi connectivity index (χ3v) is 4.37. The molecule has 3 rings (SSSR count). The lowest BCUT2D eigenvalue weighted by atomic mass is 9.92. The van der Waals surface area contributed by atoms with Gasteiger partial charge in [0.2, 0.25) is 0 Å². The Bertz CT molecular complexity index is 648. The van der Waals surface area contributed by atoms with Crippen LogP contribution >= 0.6 is 0 Å². The Morgan fingerprint density at radius 3 is 2.91 bits per heavy atom. The van der Waals surface area contributed by atoms with E-state index < -0.39 is 5.97 Å². The van der Waals surface area contributed by atoms with Crippen LogP contribution in [0.1, 0.15) is 53.0 Å². The molecule has 1 fully saturated rings. The van der Waals surface area contributed by atoms with Gasteiger partial charge in [-0.25, -0.2) is 4.79 Å². The summed E-state index contributed by atoms with van der Waals surface area (Å²) in [6.07, 6.45) is 6.75. The largest absolute Gasteiger partial charge is 0.477 e. The minimum atomic E-state index is -0.956. The number of nitrogens with zero attached hydrogens (tertiary/aromatic N) is 3. The summed E-state index contributed by atoms with van der Waals surface area (Å²) in [5.74, 6) is -0.519. The fraction of sp³-hybridized carbons (Fsp3) is 0.533. The van der Waals surface area contributed by atoms with Crippen molar-refractivity contribution in [2.45, 2.75) is 38.6 Å². The Morgan fingerprint density at radius 1 is 1.36 bits per heavy atom. The van der Waals surface area contributed by atoms with Gasteiger partial charge in [-0.1, -0.05) is 6.92 Å². The zero-order valence-corrected chi connectivity index (χ0v) is 12.7. The second-order valence-electron chi connectivity index (χ2n) is 5.81. The molecule has 0 saturated carbocycles. The maximum atomic E-state index is 11.2. The number of aromatic carboxylic acids is 1. The first-order valence-electron chi connectivity index (χ1n) is 7.69. The number of H-pyrrole nitrogens is 2. The lowest BCUT2D eigenvalue weighted by Crippen LogP contribution is -2.34. The van der Waals surface area contributed by atoms with E-state index in [1.54, 1.807) is 6.20 Å². The van der Waals surface area contributed by atoms with Crippen molar-refractivity contribution in [2.24, 2.45) is 0 Å². The van der Waals surface area contributed by atoms with Crippen LogP contribution < -0.4 is 0 Å². The number of carbonyl (C=O) groups is 1. The molecule has 0 amide bonds. The van der Waals surface area contributed by atoms with E-state index in [1.807, 2.05) is 6.20 Å². The molecule has 1 aliphatic heterocycles. The molecule has 1 atom stereocenters. The first kappa shape index (κ1) is 14.8. The highest BCUT2D eigenvalue weighted by Crippen LogP contribution is 2.29. The second-order valence-corrected chi connectivity index (χ2v) is 5.81. The van der Waals surface area contributed by atoms with E-state index in [1.165, 1.54) is 11.3 Å². The summed E-state index contributed by atoms with van der Waals surface area (Å²) in [6.45, 7) is 4.65. The lowest BCUT2D eigenvalue weighted by Gasteiger charge is -2.32. The molecule has 0 aromatic carbocycles. The SMILES string of the molecule is CCc1cn[nH]c1[C@H]1CCCN(Cc2cn[nH]c2C(=O)O)C1. The van der Waals surface area contributed by atoms with Gasteiger partial charge in [-0.15, -0.1) is 0 Å². The molecule has 7 heteroatoms. The van der Waals surface area contributed by atoms with Crippen LogP contribution in [0.25, 0.3) is 0 Å². The number of nitrogens with one attached hydrogen (secondary N) is 2. The zero-order chi connectivity index (χ0) is 15.5. The van der Waals surface area contributed by atoms with Crippen molar-refractivity contribution in [3.8, 4) is 0 Å². The van der Waals surface area contributed by atoms with Crippen LogP contribution in [0, 0.1) is 0 Å². The molecule has 0 radical (unpaired) electrons. The minimum absolute atomic E-state index is 0.193. The van der Waals surface area contributed by atoms with Gasteiger partial charge in [0.1, 0.15) is 5.69 Å². The summed E-state index contributed by atoms with van der Waals surface area (Å²) in [5.41, 5.74) is 3.45. The van der Waals surface area contributed by atoms with Gasteiger partial charge in [-0.2, -0.15) is 10.2 Å². The number of carboxylic acids is 1. The maximum Gasteiger partial charge on any atom is 0.354 e. The Balaban J connectivity index is 1.71. The Kier molecular flexibility index (Phi) is 4.24. The molecule has 22 heavy (non-hydrogen) atoms. The molecule has 1 saturated heterocycles. The van der Waals surface area contributed by atoms with Crippen molar-refractivity contribution >= 4 is 5.97 Å². The van der Waals surface area contributed by atoms with Crippen LogP contribution in [-0.4, -0.2) is 49.5 Å². The summed E-state index contributed by atoms with van der Waals surface area (Å²) < 4.78 is 0. The fourth-order valence-corrected chi connectivity index (χ4v) is 3.25. The molecule has 1 aliphatic rings. The number of hydrogen-bond donors (Lipinski definition) is 3. The van der Waals surface area contributed by atoms with E-state index in [2.05, 4.69) is 32.2 Å². The lowest BCUT2D eigenvalue weighted by molar-refractivity contribution is 0.0687. The Morgan fingerprint density at radius 2 is 2.14 bits per heavy atom. The smallest absolute Gasteiger partial charge is 0.354 e. The number of piperidine rings is 1. The summed E-state index contributed by atoms with van der Waals surface area (Å²) in [5, 5.41) is 22.9. The maximum absolute atomic E-state index is 11.2. The molecule has 0 spiro atoms. The van der Waals surface area contributed by atoms with Crippen molar-refractivity contribution in [3.05, 3.63) is 34.9 Å². The van der Waals surface area contributed by atoms with Crippen LogP contribution in [0.5, 0.6) is 0 Å². The predicted octanol–water partition coefficient (Wildman–Crippen LogP) is 1.77. The molecule has 0 unspecified atom stereocenters. The summed E-state index contributed by atoms with van der Waals surface area (Å²) in [7, 11) is 0. The van der Waals surface area contributed by atoms with Crippen LogP contribution in [0.15, 0.2) is 12.4 Å². The molecule has 118 valence electrons. The average Bonchev–Trinajstić information content (AvgIpc) is 3.15. The molecular weight excluding hydrogens is 282 g/mol. The van der Waals surface area contributed by atoms with E-state index >= 15 is 0 Å². The molecule has 2 aromatic heterocycles. The fourth-order valence-electron chi connectivity index (χ4n) is 3.25. The molecule has 7 nitrogen and oxygen atoms in total. The van der Waals surface area contributed by atoms with Crippen LogP contribution in [-0.2, 0) is 13.0 Å². The molecule has 0 bridgehead atoms. The van der Waals surface area contributed by atoms with Gasteiger partial charge in [-0.05, 0) is 31.4 Å². The van der Waals surface area contributed by atoms with Crippen molar-refractivity contribution in [1.82, 2.24) is 25.3 Å². The first-order valence-corrected chi connectivity index (χ1v) is 7.69. The molecular formula is C15H21N5O2. The third kappa shape index (κ3) is 2.89. The number of rotatable bonds is 5. The third-order valence-electron chi connectivity index (χ3n) is 4.37. The highest BCUT2D eigenvalue weighted by Gasteiger charge is 2.25. The zero-order valence-electron chi connectivity index (χ0n) is 12.7. The van der Waals surface area contributed by atoms with Crippen LogP contribution in [0.3, 0.4) is 0 Å². The van der Waals surface area contributed by atoms with E-state index in [9.17, 15) is 4.79 Å². The number of aromatic nitrogens is 4. The van der Waals surface area contributed by atoms with Gasteiger partial charge in [0.15, 0.2) is 0 Å². The first-order chi connectivity index (χ1) is 10.7. The van der Waals surface area contributed by atoms with Gasteiger partial charge in [0.05, 0.1) is 12.4 Å². The summed E-state index contributed by atoms with van der Waals surface area (Å²) in [6, 6.07) is 0. The summed E-state index contributed by atoms with van der Waals surface area (Å²) >= 11 is 0. The Hall–Kier alpha value is -2.15. The topological polar surface area (TPSA) is 97.9 Å². The molecule has 3 heterocycles. The molecule has 2 aromatic rings. The van der Waals surface area contributed by atoms with E-state index in [4.69, 9.17) is 5.11 Å². The quantitative estimate of drug-likeness (QED) is 0.782. The average molecular weight is 303 g/mol. The van der Waals surface area contributed by atoms with Gasteiger partial charge in [-0.3, -0.25) is 15.1 Å². The molecule has 0 aliphatic carbocycles. The van der Waals surface area contributed by atoms with Crippen molar-refractivity contribution in [2.75, 3.05) is 13.1 Å². The van der Waals surface area contributed by atoms with Crippen LogP contribution in [0.4, 0.5) is 0 Å². The van der Waals surface area contributed by atoms with E-state index in [0.717, 1.165) is 37.9 Å². The van der Waals surface area contributed by atoms with Crippen molar-refractivity contribution in [1.29, 1.82) is 0 Å². The number of aromatic amines is 2. The van der Waals surface area contributed by atoms with Gasteiger partial charge in [0.25, 0.3) is 0 Å². The van der Waals surface area contributed by atoms with Crippen molar-refractivity contribution in [3.63, 3.8) is 0 Å². The standard InChI is InChI=1S/C15H21N5O2/c1-2-10-6-16-18-13(10)11-4-3-5-20(8-11)9-12-7-17-19-14(12)15(21)22/h6-7,11H,2-5,8-9H2,1H3,(H,16,18)(H,17,19)(H,21,22)/t11-/m0/s1. The second kappa shape index (κ2) is 6.31. The number of hydrogen-bond acceptors (Lipinski definition) is 4. The van der Waals surface area contributed by atoms with E-state index in [0.29, 0.717) is 12.5 Å². The Labute approximate surface area is 128 Å². The van der Waals surface area contributed by atoms with E-state index in [-0.39, 0.29) is 5.69 Å². The highest BCUT2D eigenvalue weighted by atomic mass is 16.4.